The zero-order valence-corrected chi connectivity index (χ0v) is 12.1. The maximum Gasteiger partial charge on any atom is 0.183 e. The Morgan fingerprint density at radius 3 is 3.18 bits per heavy atom. The molecule has 0 saturated heterocycles. The molecule has 0 bridgehead atoms. The number of nitrogens with zero attached hydrogens (tertiary/aromatic N) is 1. The molecule has 2 aromatic rings. The number of benzene rings is 1. The number of thiazole rings is 1. The van der Waals surface area contributed by atoms with Gasteiger partial charge in [0.25, 0.3) is 0 Å². The summed E-state index contributed by atoms with van der Waals surface area (Å²) in [6.45, 7) is 4.51. The third-order valence-corrected chi connectivity index (χ3v) is 3.78. The zero-order chi connectivity index (χ0) is 12.1. The Kier molecular flexibility index (Phi) is 4.76. The molecule has 1 heterocycles. The van der Waals surface area contributed by atoms with Gasteiger partial charge < -0.3 is 10.1 Å². The molecule has 0 saturated carbocycles. The fourth-order valence-electron chi connectivity index (χ4n) is 1.49. The number of hydrogen-bond donors (Lipinski definition) is 1. The van der Waals surface area contributed by atoms with Crippen molar-refractivity contribution >= 4 is 42.6 Å². The average Bonchev–Trinajstić information content (AvgIpc) is 2.70. The van der Waals surface area contributed by atoms with Crippen LogP contribution < -0.4 is 5.32 Å². The first-order valence-corrected chi connectivity index (χ1v) is 7.28. The third kappa shape index (κ3) is 3.66. The van der Waals surface area contributed by atoms with Crippen LogP contribution in [-0.2, 0) is 4.74 Å². The Bertz CT molecular complexity index is 486. The Morgan fingerprint density at radius 2 is 2.35 bits per heavy atom. The average molecular weight is 315 g/mol. The molecule has 2 rings (SSSR count). The van der Waals surface area contributed by atoms with E-state index in [0.717, 1.165) is 41.3 Å². The lowest BCUT2D eigenvalue weighted by Crippen LogP contribution is -2.05. The van der Waals surface area contributed by atoms with Crippen molar-refractivity contribution in [3.63, 3.8) is 0 Å². The summed E-state index contributed by atoms with van der Waals surface area (Å²) in [6, 6.07) is 6.17. The summed E-state index contributed by atoms with van der Waals surface area (Å²) >= 11 is 5.14. The number of nitrogens with one attached hydrogen (secondary N) is 1. The molecule has 1 N–H and O–H groups in total. The largest absolute Gasteiger partial charge is 0.382 e. The van der Waals surface area contributed by atoms with E-state index in [0.29, 0.717) is 0 Å². The molecular weight excluding hydrogens is 300 g/mol. The van der Waals surface area contributed by atoms with Gasteiger partial charge in [0.2, 0.25) is 0 Å². The topological polar surface area (TPSA) is 34.1 Å². The molecule has 0 radical (unpaired) electrons. The Balaban J connectivity index is 1.91. The van der Waals surface area contributed by atoms with Gasteiger partial charge in [-0.2, -0.15) is 0 Å². The molecular formula is C12H15BrN2OS. The van der Waals surface area contributed by atoms with E-state index in [1.54, 1.807) is 11.3 Å². The van der Waals surface area contributed by atoms with Crippen molar-refractivity contribution in [2.24, 2.45) is 0 Å². The Labute approximate surface area is 113 Å². The number of aromatic nitrogens is 1. The third-order valence-electron chi connectivity index (χ3n) is 2.30. The molecule has 0 aliphatic rings. The molecule has 0 unspecified atom stereocenters. The van der Waals surface area contributed by atoms with Crippen molar-refractivity contribution in [3.8, 4) is 0 Å². The van der Waals surface area contributed by atoms with Gasteiger partial charge in [0.05, 0.1) is 10.2 Å². The van der Waals surface area contributed by atoms with E-state index in [9.17, 15) is 0 Å². The molecule has 1 aromatic carbocycles. The molecule has 0 aliphatic carbocycles. The second-order valence-electron chi connectivity index (χ2n) is 3.61. The van der Waals surface area contributed by atoms with E-state index in [1.165, 1.54) is 4.70 Å². The lowest BCUT2D eigenvalue weighted by atomic mass is 10.3. The highest BCUT2D eigenvalue weighted by atomic mass is 79.9. The normalized spacial score (nSPS) is 10.9. The fourth-order valence-corrected chi connectivity index (χ4v) is 2.71. The quantitative estimate of drug-likeness (QED) is 0.821. The van der Waals surface area contributed by atoms with Crippen LogP contribution in [-0.4, -0.2) is 24.7 Å². The predicted molar refractivity (Wildman–Crippen MR) is 76.9 cm³/mol. The van der Waals surface area contributed by atoms with Gasteiger partial charge in [-0.1, -0.05) is 27.3 Å². The fraction of sp³-hybridized carbons (Fsp3) is 0.417. The van der Waals surface area contributed by atoms with E-state index >= 15 is 0 Å². The van der Waals surface area contributed by atoms with Gasteiger partial charge in [0.15, 0.2) is 5.13 Å². The summed E-state index contributed by atoms with van der Waals surface area (Å²) in [5.41, 5.74) is 1.04. The van der Waals surface area contributed by atoms with Gasteiger partial charge in [-0.15, -0.1) is 0 Å². The molecule has 92 valence electrons. The number of ether oxygens (including phenoxy) is 1. The van der Waals surface area contributed by atoms with E-state index in [4.69, 9.17) is 4.74 Å². The first-order chi connectivity index (χ1) is 8.29. The molecule has 1 aromatic heterocycles. The Hall–Kier alpha value is -0.650. The van der Waals surface area contributed by atoms with Gasteiger partial charge >= 0.3 is 0 Å². The number of hydrogen-bond acceptors (Lipinski definition) is 4. The van der Waals surface area contributed by atoms with Gasteiger partial charge in [-0.25, -0.2) is 4.98 Å². The van der Waals surface area contributed by atoms with Crippen molar-refractivity contribution in [1.29, 1.82) is 0 Å². The van der Waals surface area contributed by atoms with Crippen LogP contribution >= 0.6 is 27.3 Å². The van der Waals surface area contributed by atoms with Crippen LogP contribution in [0.4, 0.5) is 5.13 Å². The van der Waals surface area contributed by atoms with E-state index in [-0.39, 0.29) is 0 Å². The molecule has 3 nitrogen and oxygen atoms in total. The van der Waals surface area contributed by atoms with Crippen molar-refractivity contribution in [3.05, 3.63) is 22.7 Å². The van der Waals surface area contributed by atoms with Crippen LogP contribution in [0.3, 0.4) is 0 Å². The monoisotopic (exact) mass is 314 g/mol. The van der Waals surface area contributed by atoms with Gasteiger partial charge in [0, 0.05) is 24.2 Å². The molecule has 0 atom stereocenters. The van der Waals surface area contributed by atoms with Crippen LogP contribution in [0.2, 0.25) is 0 Å². The molecule has 0 fully saturated rings. The highest BCUT2D eigenvalue weighted by molar-refractivity contribution is 9.10. The lowest BCUT2D eigenvalue weighted by Gasteiger charge is -2.01. The summed E-state index contributed by atoms with van der Waals surface area (Å²) in [6.07, 6.45) is 1.01. The first-order valence-electron chi connectivity index (χ1n) is 5.67. The molecule has 0 amide bonds. The highest BCUT2D eigenvalue weighted by Gasteiger charge is 2.03. The molecule has 0 spiro atoms. The summed E-state index contributed by atoms with van der Waals surface area (Å²) in [4.78, 5) is 4.53. The van der Waals surface area contributed by atoms with Crippen molar-refractivity contribution in [2.45, 2.75) is 13.3 Å². The van der Waals surface area contributed by atoms with Crippen molar-refractivity contribution in [1.82, 2.24) is 4.98 Å². The second-order valence-corrected chi connectivity index (χ2v) is 5.55. The maximum atomic E-state index is 5.28. The van der Waals surface area contributed by atoms with Crippen LogP contribution in [0.5, 0.6) is 0 Å². The number of anilines is 1. The number of rotatable bonds is 6. The van der Waals surface area contributed by atoms with Gasteiger partial charge in [-0.05, 0) is 31.5 Å². The van der Waals surface area contributed by atoms with Crippen LogP contribution in [0.1, 0.15) is 13.3 Å². The minimum Gasteiger partial charge on any atom is -0.382 e. The zero-order valence-electron chi connectivity index (χ0n) is 9.70. The summed E-state index contributed by atoms with van der Waals surface area (Å²) < 4.78 is 7.56. The highest BCUT2D eigenvalue weighted by Crippen LogP contribution is 2.27. The van der Waals surface area contributed by atoms with Crippen LogP contribution in [0.15, 0.2) is 22.7 Å². The summed E-state index contributed by atoms with van der Waals surface area (Å²) in [5.74, 6) is 0. The van der Waals surface area contributed by atoms with Crippen molar-refractivity contribution in [2.75, 3.05) is 25.1 Å². The molecule has 5 heteroatoms. The Morgan fingerprint density at radius 1 is 1.47 bits per heavy atom. The van der Waals surface area contributed by atoms with E-state index in [2.05, 4.69) is 32.3 Å². The minimum atomic E-state index is 0.787. The van der Waals surface area contributed by atoms with E-state index < -0.39 is 0 Å². The molecule has 0 aliphatic heterocycles. The standard InChI is InChI=1S/C12H15BrN2OS/c1-2-16-7-3-6-14-12-15-10-8-9(13)4-5-11(10)17-12/h4-5,8H,2-3,6-7H2,1H3,(H,14,15). The second kappa shape index (κ2) is 6.33. The van der Waals surface area contributed by atoms with Crippen LogP contribution in [0, 0.1) is 0 Å². The smallest absolute Gasteiger partial charge is 0.183 e. The summed E-state index contributed by atoms with van der Waals surface area (Å²) in [5, 5.41) is 4.31. The first kappa shape index (κ1) is 12.8. The minimum absolute atomic E-state index is 0.787. The summed E-state index contributed by atoms with van der Waals surface area (Å²) in [7, 11) is 0. The van der Waals surface area contributed by atoms with Gasteiger partial charge in [-0.3, -0.25) is 0 Å². The van der Waals surface area contributed by atoms with E-state index in [1.807, 2.05) is 19.1 Å². The lowest BCUT2D eigenvalue weighted by molar-refractivity contribution is 0.147. The van der Waals surface area contributed by atoms with Gasteiger partial charge in [0.1, 0.15) is 0 Å². The molecule has 17 heavy (non-hydrogen) atoms. The SMILES string of the molecule is CCOCCCNc1nc2cc(Br)ccc2s1. The predicted octanol–water partition coefficient (Wildman–Crippen LogP) is 3.90. The van der Waals surface area contributed by atoms with Crippen molar-refractivity contribution < 1.29 is 4.74 Å². The number of fused-ring (bicyclic) bond motifs is 1. The van der Waals surface area contributed by atoms with Crippen LogP contribution in [0.25, 0.3) is 10.2 Å². The number of halogens is 1. The maximum absolute atomic E-state index is 5.28.